The number of benzene rings is 2. The number of halogens is 3. The van der Waals surface area contributed by atoms with Gasteiger partial charge in [-0.2, -0.15) is 0 Å². The average molecular weight is 346 g/mol. The first kappa shape index (κ1) is 17.3. The number of fused-ring (bicyclic) bond motifs is 1. The smallest absolute Gasteiger partial charge is 0.343 e. The number of carbonyl (C=O) groups is 1. The fourth-order valence-corrected chi connectivity index (χ4v) is 2.88. The van der Waals surface area contributed by atoms with Gasteiger partial charge in [0.25, 0.3) is 0 Å². The SMILES string of the molecule is CCCc1ccc(C(=O)OC2=Cc3cc(F)c(F)c(F)c3CC2)cc1. The highest BCUT2D eigenvalue weighted by Crippen LogP contribution is 2.29. The first-order chi connectivity index (χ1) is 12.0. The van der Waals surface area contributed by atoms with Gasteiger partial charge in [0.1, 0.15) is 5.76 Å². The second-order valence-corrected chi connectivity index (χ2v) is 6.00. The van der Waals surface area contributed by atoms with Crippen LogP contribution in [0.15, 0.2) is 36.1 Å². The predicted octanol–water partition coefficient (Wildman–Crippen LogP) is 5.20. The van der Waals surface area contributed by atoms with Crippen molar-refractivity contribution in [3.8, 4) is 0 Å². The molecule has 2 aromatic carbocycles. The van der Waals surface area contributed by atoms with E-state index in [0.717, 1.165) is 24.5 Å². The van der Waals surface area contributed by atoms with E-state index >= 15 is 0 Å². The molecule has 0 amide bonds. The third kappa shape index (κ3) is 3.60. The molecular formula is C20H17F3O2. The van der Waals surface area contributed by atoms with E-state index in [1.807, 2.05) is 12.1 Å². The fourth-order valence-electron chi connectivity index (χ4n) is 2.88. The van der Waals surface area contributed by atoms with Crippen LogP contribution in [0, 0.1) is 17.5 Å². The second-order valence-electron chi connectivity index (χ2n) is 6.00. The lowest BCUT2D eigenvalue weighted by Gasteiger charge is -2.17. The van der Waals surface area contributed by atoms with Crippen LogP contribution in [0.2, 0.25) is 0 Å². The molecule has 1 aliphatic carbocycles. The Balaban J connectivity index is 1.78. The number of hydrogen-bond acceptors (Lipinski definition) is 2. The molecule has 0 saturated heterocycles. The highest BCUT2D eigenvalue weighted by molar-refractivity contribution is 5.90. The Morgan fingerprint density at radius 1 is 1.08 bits per heavy atom. The van der Waals surface area contributed by atoms with Crippen molar-refractivity contribution in [2.45, 2.75) is 32.6 Å². The van der Waals surface area contributed by atoms with Crippen molar-refractivity contribution >= 4 is 12.0 Å². The lowest BCUT2D eigenvalue weighted by Crippen LogP contribution is -2.11. The van der Waals surface area contributed by atoms with Crippen LogP contribution in [-0.2, 0) is 17.6 Å². The zero-order valence-corrected chi connectivity index (χ0v) is 13.7. The molecule has 130 valence electrons. The molecule has 1 aliphatic rings. The molecule has 25 heavy (non-hydrogen) atoms. The van der Waals surface area contributed by atoms with Crippen molar-refractivity contribution in [2.24, 2.45) is 0 Å². The number of allylic oxidation sites excluding steroid dienone is 1. The highest BCUT2D eigenvalue weighted by Gasteiger charge is 2.22. The van der Waals surface area contributed by atoms with Crippen LogP contribution >= 0.6 is 0 Å². The molecule has 3 rings (SSSR count). The highest BCUT2D eigenvalue weighted by atomic mass is 19.2. The summed E-state index contributed by atoms with van der Waals surface area (Å²) in [7, 11) is 0. The minimum Gasteiger partial charge on any atom is -0.427 e. The second kappa shape index (κ2) is 7.13. The maximum Gasteiger partial charge on any atom is 0.343 e. The van der Waals surface area contributed by atoms with Crippen LogP contribution in [0.1, 0.15) is 46.8 Å². The number of aryl methyl sites for hydroxylation is 1. The maximum atomic E-state index is 13.7. The van der Waals surface area contributed by atoms with Crippen LogP contribution in [0.3, 0.4) is 0 Å². The quantitative estimate of drug-likeness (QED) is 0.562. The summed E-state index contributed by atoms with van der Waals surface area (Å²) in [5.41, 5.74) is 1.84. The number of carbonyl (C=O) groups excluding carboxylic acids is 1. The van der Waals surface area contributed by atoms with E-state index in [2.05, 4.69) is 6.92 Å². The van der Waals surface area contributed by atoms with Gasteiger partial charge in [-0.05, 0) is 53.8 Å². The summed E-state index contributed by atoms with van der Waals surface area (Å²) in [6, 6.07) is 8.05. The zero-order chi connectivity index (χ0) is 18.0. The Kier molecular flexibility index (Phi) is 4.93. The molecule has 2 nitrogen and oxygen atoms in total. The van der Waals surface area contributed by atoms with Crippen molar-refractivity contribution in [1.29, 1.82) is 0 Å². The van der Waals surface area contributed by atoms with E-state index in [4.69, 9.17) is 4.74 Å². The van der Waals surface area contributed by atoms with Gasteiger partial charge in [-0.1, -0.05) is 25.5 Å². The van der Waals surface area contributed by atoms with Gasteiger partial charge in [-0.15, -0.1) is 0 Å². The Labute approximate surface area is 143 Å². The van der Waals surface area contributed by atoms with E-state index in [9.17, 15) is 18.0 Å². The molecule has 0 radical (unpaired) electrons. The number of ether oxygens (including phenoxy) is 1. The Morgan fingerprint density at radius 3 is 2.48 bits per heavy atom. The molecule has 0 bridgehead atoms. The van der Waals surface area contributed by atoms with Crippen LogP contribution < -0.4 is 0 Å². The van der Waals surface area contributed by atoms with Gasteiger partial charge in [0.05, 0.1) is 5.56 Å². The Bertz CT molecular complexity index is 839. The van der Waals surface area contributed by atoms with Gasteiger partial charge in [0.2, 0.25) is 0 Å². The van der Waals surface area contributed by atoms with E-state index in [1.54, 1.807) is 12.1 Å². The topological polar surface area (TPSA) is 26.3 Å². The predicted molar refractivity (Wildman–Crippen MR) is 88.5 cm³/mol. The first-order valence-corrected chi connectivity index (χ1v) is 8.17. The molecule has 0 fully saturated rings. The standard InChI is InChI=1S/C20H17F3O2/c1-2-3-12-4-6-13(7-5-12)20(24)25-15-8-9-16-14(10-15)11-17(21)19(23)18(16)22/h4-7,10-11H,2-3,8-9H2,1H3. The molecule has 0 saturated carbocycles. The van der Waals surface area contributed by atoms with Crippen LogP contribution in [-0.4, -0.2) is 5.97 Å². The third-order valence-electron chi connectivity index (χ3n) is 4.19. The molecular weight excluding hydrogens is 329 g/mol. The summed E-state index contributed by atoms with van der Waals surface area (Å²) in [5, 5.41) is 0. The number of rotatable bonds is 4. The van der Waals surface area contributed by atoms with Gasteiger partial charge in [-0.25, -0.2) is 18.0 Å². The number of hydrogen-bond donors (Lipinski definition) is 0. The van der Waals surface area contributed by atoms with Gasteiger partial charge in [-0.3, -0.25) is 0 Å². The van der Waals surface area contributed by atoms with Crippen molar-refractivity contribution < 1.29 is 22.7 Å². The summed E-state index contributed by atoms with van der Waals surface area (Å²) in [6.07, 6.45) is 3.73. The monoisotopic (exact) mass is 346 g/mol. The van der Waals surface area contributed by atoms with Gasteiger partial charge in [0.15, 0.2) is 17.5 Å². The Morgan fingerprint density at radius 2 is 1.80 bits per heavy atom. The molecule has 2 aromatic rings. The summed E-state index contributed by atoms with van der Waals surface area (Å²) >= 11 is 0. The third-order valence-corrected chi connectivity index (χ3v) is 4.19. The maximum absolute atomic E-state index is 13.7. The summed E-state index contributed by atoms with van der Waals surface area (Å²) in [5.74, 6) is -4.13. The Hall–Kier alpha value is -2.56. The minimum absolute atomic E-state index is 0.0996. The molecule has 0 N–H and O–H groups in total. The van der Waals surface area contributed by atoms with Gasteiger partial charge >= 0.3 is 5.97 Å². The van der Waals surface area contributed by atoms with Crippen molar-refractivity contribution in [2.75, 3.05) is 0 Å². The largest absolute Gasteiger partial charge is 0.427 e. The average Bonchev–Trinajstić information content (AvgIpc) is 2.60. The molecule has 5 heteroatoms. The molecule has 0 unspecified atom stereocenters. The van der Waals surface area contributed by atoms with E-state index in [1.165, 1.54) is 6.08 Å². The summed E-state index contributed by atoms with van der Waals surface area (Å²) in [6.45, 7) is 2.08. The summed E-state index contributed by atoms with van der Waals surface area (Å²) in [4.78, 5) is 12.2. The van der Waals surface area contributed by atoms with Gasteiger partial charge < -0.3 is 4.74 Å². The summed E-state index contributed by atoms with van der Waals surface area (Å²) < 4.78 is 45.7. The van der Waals surface area contributed by atoms with Crippen molar-refractivity contribution in [3.05, 3.63) is 75.8 Å². The molecule has 0 aromatic heterocycles. The minimum atomic E-state index is -1.47. The first-order valence-electron chi connectivity index (χ1n) is 8.17. The molecule has 0 atom stereocenters. The molecule has 0 spiro atoms. The fraction of sp³-hybridized carbons (Fsp3) is 0.250. The van der Waals surface area contributed by atoms with E-state index in [0.29, 0.717) is 11.3 Å². The normalized spacial score (nSPS) is 13.2. The lowest BCUT2D eigenvalue weighted by molar-refractivity contribution is 0.0617. The number of esters is 1. The van der Waals surface area contributed by atoms with Crippen LogP contribution in [0.25, 0.3) is 6.08 Å². The van der Waals surface area contributed by atoms with Crippen LogP contribution in [0.4, 0.5) is 13.2 Å². The molecule has 0 heterocycles. The van der Waals surface area contributed by atoms with Crippen molar-refractivity contribution in [3.63, 3.8) is 0 Å². The molecule has 0 aliphatic heterocycles. The van der Waals surface area contributed by atoms with Crippen molar-refractivity contribution in [1.82, 2.24) is 0 Å². The van der Waals surface area contributed by atoms with E-state index in [-0.39, 0.29) is 24.0 Å². The lowest BCUT2D eigenvalue weighted by atomic mass is 9.95. The zero-order valence-electron chi connectivity index (χ0n) is 13.7. The van der Waals surface area contributed by atoms with Crippen LogP contribution in [0.5, 0.6) is 0 Å². The van der Waals surface area contributed by atoms with E-state index < -0.39 is 23.4 Å². The van der Waals surface area contributed by atoms with Gasteiger partial charge in [0, 0.05) is 6.42 Å².